The van der Waals surface area contributed by atoms with Gasteiger partial charge in [-0.1, -0.05) is 165 Å². The molecule has 0 amide bonds. The molecule has 0 saturated heterocycles. The van der Waals surface area contributed by atoms with Gasteiger partial charge in [0.05, 0.1) is 28.1 Å². The third-order valence-corrected chi connectivity index (χ3v) is 12.4. The zero-order valence-electron chi connectivity index (χ0n) is 33.6. The molecule has 2 aromatic heterocycles. The zero-order chi connectivity index (χ0) is 40.4. The minimum Gasteiger partial charge on any atom is -0.454 e. The van der Waals surface area contributed by atoms with E-state index in [1.807, 2.05) is 6.07 Å². The summed E-state index contributed by atoms with van der Waals surface area (Å²) in [6.45, 7) is 2.29. The summed E-state index contributed by atoms with van der Waals surface area (Å²) in [5.41, 5.74) is 12.1. The number of furan rings is 1. The summed E-state index contributed by atoms with van der Waals surface area (Å²) in [5.74, 6) is 0.754. The van der Waals surface area contributed by atoms with Crippen LogP contribution in [0.2, 0.25) is 0 Å². The number of para-hydroxylation sites is 2. The Hall–Kier alpha value is -7.82. The summed E-state index contributed by atoms with van der Waals surface area (Å²) in [7, 11) is 0. The van der Waals surface area contributed by atoms with Crippen molar-refractivity contribution in [1.82, 2.24) is 4.57 Å². The molecule has 1 unspecified atom stereocenters. The molecule has 0 saturated carbocycles. The maximum absolute atomic E-state index is 6.97. The van der Waals surface area contributed by atoms with Crippen LogP contribution >= 0.6 is 0 Å². The van der Waals surface area contributed by atoms with Crippen LogP contribution in [0.25, 0.3) is 87.8 Å². The van der Waals surface area contributed by atoms with Gasteiger partial charge in [0.25, 0.3) is 0 Å². The van der Waals surface area contributed by atoms with Crippen molar-refractivity contribution in [2.24, 2.45) is 15.9 Å². The van der Waals surface area contributed by atoms with E-state index in [-0.39, 0.29) is 5.92 Å². The van der Waals surface area contributed by atoms with Crippen molar-refractivity contribution in [2.75, 3.05) is 0 Å². The van der Waals surface area contributed by atoms with Crippen molar-refractivity contribution in [1.29, 1.82) is 0 Å². The Morgan fingerprint density at radius 3 is 2.02 bits per heavy atom. The van der Waals surface area contributed by atoms with Gasteiger partial charge in [0.1, 0.15) is 5.58 Å². The van der Waals surface area contributed by atoms with Crippen LogP contribution in [0.1, 0.15) is 30.0 Å². The van der Waals surface area contributed by atoms with Gasteiger partial charge in [-0.05, 0) is 81.6 Å². The Morgan fingerprint density at radius 2 is 1.15 bits per heavy atom. The highest BCUT2D eigenvalue weighted by Gasteiger charge is 2.26. The van der Waals surface area contributed by atoms with Crippen molar-refractivity contribution >= 4 is 82.5 Å². The lowest BCUT2D eigenvalue weighted by molar-refractivity contribution is 0.666. The fourth-order valence-electron chi connectivity index (χ4n) is 9.45. The third kappa shape index (κ3) is 5.83. The second kappa shape index (κ2) is 14.2. The van der Waals surface area contributed by atoms with Gasteiger partial charge in [-0.2, -0.15) is 0 Å². The number of hydrogen-bond acceptors (Lipinski definition) is 3. The summed E-state index contributed by atoms with van der Waals surface area (Å²) in [6, 6.07) is 69.1. The van der Waals surface area contributed by atoms with Gasteiger partial charge < -0.3 is 8.98 Å². The average molecular weight is 782 g/mol. The molecule has 0 fully saturated rings. The first-order valence-electron chi connectivity index (χ1n) is 21.0. The molecule has 0 spiro atoms. The Labute approximate surface area is 353 Å². The van der Waals surface area contributed by atoms with Crippen LogP contribution in [-0.4, -0.2) is 16.1 Å². The number of hydrogen-bond donors (Lipinski definition) is 0. The standard InChI is InChI=1S/C57H39N3O/c1-36-29-32-50(58-57(42-22-13-21-39(33-42)37-15-3-2-4-16-37)59-54(36)46-26-14-20-38-17-7-8-23-43(38)46)48-31-30-47-45-25-10-12-28-53(45)61-56(47)55(48)60-51-27-11-9-24-44(51)49-34-40-18-5-6-19-41(40)35-52(49)60/h2-28,30-36H,29H2,1H3/b50-32+,58-57?,59-54?. The molecule has 9 aromatic carbocycles. The molecule has 0 N–H and O–H groups in total. The smallest absolute Gasteiger partial charge is 0.160 e. The molecule has 0 bridgehead atoms. The molecule has 0 aliphatic carbocycles. The lowest BCUT2D eigenvalue weighted by Gasteiger charge is -2.21. The number of allylic oxidation sites excluding steroid dienone is 1. The summed E-state index contributed by atoms with van der Waals surface area (Å²) in [6.07, 6.45) is 3.07. The monoisotopic (exact) mass is 781 g/mol. The molecule has 11 aromatic rings. The van der Waals surface area contributed by atoms with Crippen LogP contribution in [0.3, 0.4) is 0 Å². The first kappa shape index (κ1) is 35.2. The van der Waals surface area contributed by atoms with Crippen molar-refractivity contribution < 1.29 is 4.42 Å². The number of nitrogens with zero attached hydrogens (tertiary/aromatic N) is 3. The SMILES string of the molecule is CC1C/C=C(\c2ccc3c(oc4ccccc43)c2-n2c3ccccc3c3cc4ccccc4cc32)N=C(c2cccc(-c3ccccc3)c2)N=C1c1cccc2ccccc12. The molecule has 288 valence electrons. The average Bonchev–Trinajstić information content (AvgIpc) is 3.85. The lowest BCUT2D eigenvalue weighted by atomic mass is 9.90. The number of aliphatic imine (C=N–C) groups is 2. The van der Waals surface area contributed by atoms with E-state index in [1.54, 1.807) is 0 Å². The summed E-state index contributed by atoms with van der Waals surface area (Å²) >= 11 is 0. The van der Waals surface area contributed by atoms with Crippen LogP contribution in [0, 0.1) is 5.92 Å². The number of benzene rings is 9. The summed E-state index contributed by atoms with van der Waals surface area (Å²) < 4.78 is 9.38. The second-order valence-corrected chi connectivity index (χ2v) is 16.1. The Morgan fingerprint density at radius 1 is 0.475 bits per heavy atom. The highest BCUT2D eigenvalue weighted by Crippen LogP contribution is 2.43. The molecule has 1 aliphatic rings. The van der Waals surface area contributed by atoms with E-state index in [0.717, 1.165) is 84.3 Å². The van der Waals surface area contributed by atoms with Gasteiger partial charge >= 0.3 is 0 Å². The van der Waals surface area contributed by atoms with E-state index >= 15 is 0 Å². The van der Waals surface area contributed by atoms with Gasteiger partial charge in [-0.25, -0.2) is 9.98 Å². The van der Waals surface area contributed by atoms with Gasteiger partial charge in [0.2, 0.25) is 0 Å². The minimum absolute atomic E-state index is 0.0848. The van der Waals surface area contributed by atoms with E-state index in [4.69, 9.17) is 14.4 Å². The Balaban J connectivity index is 1.16. The van der Waals surface area contributed by atoms with E-state index in [9.17, 15) is 0 Å². The van der Waals surface area contributed by atoms with E-state index in [1.165, 1.54) is 32.3 Å². The summed E-state index contributed by atoms with van der Waals surface area (Å²) in [5, 5.41) is 9.32. The van der Waals surface area contributed by atoms with Crippen molar-refractivity contribution in [3.05, 3.63) is 217 Å². The minimum atomic E-state index is 0.0848. The highest BCUT2D eigenvalue weighted by atomic mass is 16.3. The van der Waals surface area contributed by atoms with Crippen LogP contribution < -0.4 is 0 Å². The normalized spacial score (nSPS) is 15.6. The zero-order valence-corrected chi connectivity index (χ0v) is 33.6. The van der Waals surface area contributed by atoms with Gasteiger partial charge in [-0.3, -0.25) is 0 Å². The van der Waals surface area contributed by atoms with Crippen molar-refractivity contribution in [2.45, 2.75) is 13.3 Å². The van der Waals surface area contributed by atoms with E-state index in [0.29, 0.717) is 5.84 Å². The maximum atomic E-state index is 6.97. The third-order valence-electron chi connectivity index (χ3n) is 12.4. The van der Waals surface area contributed by atoms with E-state index in [2.05, 4.69) is 206 Å². The Bertz CT molecular complexity index is 3630. The van der Waals surface area contributed by atoms with Crippen LogP contribution in [0.15, 0.2) is 215 Å². The van der Waals surface area contributed by atoms with Gasteiger partial charge in [0.15, 0.2) is 11.4 Å². The number of amidine groups is 1. The fraction of sp³-hybridized carbons (Fsp3) is 0.0526. The molecule has 0 radical (unpaired) electrons. The number of rotatable bonds is 5. The second-order valence-electron chi connectivity index (χ2n) is 16.1. The molecule has 1 aliphatic heterocycles. The van der Waals surface area contributed by atoms with Gasteiger partial charge in [0, 0.05) is 44.2 Å². The Kier molecular flexibility index (Phi) is 8.17. The lowest BCUT2D eigenvalue weighted by Crippen LogP contribution is -2.17. The van der Waals surface area contributed by atoms with Crippen LogP contribution in [0.4, 0.5) is 0 Å². The first-order valence-corrected chi connectivity index (χ1v) is 21.0. The van der Waals surface area contributed by atoms with E-state index < -0.39 is 0 Å². The number of fused-ring (bicyclic) bond motifs is 8. The fourth-order valence-corrected chi connectivity index (χ4v) is 9.45. The molecule has 3 heterocycles. The molecule has 12 rings (SSSR count). The molecule has 4 heteroatoms. The maximum Gasteiger partial charge on any atom is 0.160 e. The highest BCUT2D eigenvalue weighted by molar-refractivity contribution is 6.20. The molecular formula is C57H39N3O. The van der Waals surface area contributed by atoms with Gasteiger partial charge in [-0.15, -0.1) is 0 Å². The molecular weight excluding hydrogens is 743 g/mol. The molecule has 61 heavy (non-hydrogen) atoms. The van der Waals surface area contributed by atoms with Crippen molar-refractivity contribution in [3.8, 4) is 16.8 Å². The first-order chi connectivity index (χ1) is 30.2. The largest absolute Gasteiger partial charge is 0.454 e. The molecule has 1 atom stereocenters. The number of aromatic nitrogens is 1. The predicted octanol–water partition coefficient (Wildman–Crippen LogP) is 15.0. The quantitative estimate of drug-likeness (QED) is 0.171. The molecule has 4 nitrogen and oxygen atoms in total. The summed E-state index contributed by atoms with van der Waals surface area (Å²) in [4.78, 5) is 11.3. The topological polar surface area (TPSA) is 42.8 Å². The van der Waals surface area contributed by atoms with Crippen molar-refractivity contribution in [3.63, 3.8) is 0 Å². The van der Waals surface area contributed by atoms with Crippen LogP contribution in [-0.2, 0) is 0 Å². The predicted molar refractivity (Wildman–Crippen MR) is 256 cm³/mol. The van der Waals surface area contributed by atoms with Crippen LogP contribution in [0.5, 0.6) is 0 Å².